The Morgan fingerprint density at radius 1 is 0.750 bits per heavy atom. The summed E-state index contributed by atoms with van der Waals surface area (Å²) >= 11 is 0. The van der Waals surface area contributed by atoms with Gasteiger partial charge in [-0.1, -0.05) is 91.0 Å². The standard InChI is InChI=1S/C32H30BN3O4/c1-30(2)31(3,4)40-33(39-30)29-27-22-26(36(37)38)20-21-28(27)35(34-29)32(23-14-8-5-9-15-23,24-16-10-6-11-17-24)25-18-12-7-13-19-25/h5-22H,1-4H3. The van der Waals surface area contributed by atoms with Crippen LogP contribution in [0, 0.1) is 10.1 Å². The summed E-state index contributed by atoms with van der Waals surface area (Å²) in [6.07, 6.45) is 0. The summed E-state index contributed by atoms with van der Waals surface area (Å²) in [6, 6.07) is 35.5. The van der Waals surface area contributed by atoms with E-state index in [1.54, 1.807) is 12.1 Å². The molecule has 6 rings (SSSR count). The number of nitro benzene ring substituents is 1. The number of benzene rings is 4. The number of rotatable bonds is 6. The molecule has 7 nitrogen and oxygen atoms in total. The topological polar surface area (TPSA) is 79.4 Å². The second-order valence-corrected chi connectivity index (χ2v) is 11.2. The summed E-state index contributed by atoms with van der Waals surface area (Å²) in [4.78, 5) is 11.5. The van der Waals surface area contributed by atoms with Gasteiger partial charge in [-0.15, -0.1) is 0 Å². The first-order chi connectivity index (χ1) is 19.1. The third-order valence-corrected chi connectivity index (χ3v) is 8.27. The summed E-state index contributed by atoms with van der Waals surface area (Å²) in [5.41, 5.74) is 2.08. The van der Waals surface area contributed by atoms with E-state index in [9.17, 15) is 10.1 Å². The zero-order chi connectivity index (χ0) is 28.1. The highest BCUT2D eigenvalue weighted by molar-refractivity contribution is 6.64. The zero-order valence-electron chi connectivity index (χ0n) is 22.9. The van der Waals surface area contributed by atoms with Crippen molar-refractivity contribution in [1.29, 1.82) is 0 Å². The van der Waals surface area contributed by atoms with Crippen molar-refractivity contribution < 1.29 is 14.2 Å². The van der Waals surface area contributed by atoms with E-state index in [-0.39, 0.29) is 10.6 Å². The molecule has 200 valence electrons. The van der Waals surface area contributed by atoms with Crippen LogP contribution < -0.4 is 5.59 Å². The largest absolute Gasteiger partial charge is 0.517 e. The van der Waals surface area contributed by atoms with Crippen molar-refractivity contribution in [2.45, 2.75) is 44.4 Å². The molecule has 40 heavy (non-hydrogen) atoms. The number of aromatic nitrogens is 2. The first-order valence-electron chi connectivity index (χ1n) is 13.3. The lowest BCUT2D eigenvalue weighted by atomic mass is 9.77. The van der Waals surface area contributed by atoms with Crippen LogP contribution in [-0.2, 0) is 14.8 Å². The van der Waals surface area contributed by atoms with E-state index in [1.807, 2.05) is 87.0 Å². The second-order valence-electron chi connectivity index (χ2n) is 11.2. The predicted molar refractivity (Wildman–Crippen MR) is 157 cm³/mol. The van der Waals surface area contributed by atoms with Gasteiger partial charge in [0.1, 0.15) is 11.1 Å². The minimum Gasteiger partial charge on any atom is -0.398 e. The molecule has 0 atom stereocenters. The van der Waals surface area contributed by atoms with Gasteiger partial charge in [0.2, 0.25) is 0 Å². The van der Waals surface area contributed by atoms with Crippen molar-refractivity contribution >= 4 is 29.3 Å². The molecular weight excluding hydrogens is 501 g/mol. The van der Waals surface area contributed by atoms with Crippen LogP contribution in [0.4, 0.5) is 5.69 Å². The maximum absolute atomic E-state index is 11.9. The van der Waals surface area contributed by atoms with Crippen molar-refractivity contribution in [3.8, 4) is 0 Å². The predicted octanol–water partition coefficient (Wildman–Crippen LogP) is 6.08. The zero-order valence-corrected chi connectivity index (χ0v) is 22.9. The fraction of sp³-hybridized carbons (Fsp3) is 0.219. The maximum atomic E-state index is 11.9. The minimum absolute atomic E-state index is 0.0189. The van der Waals surface area contributed by atoms with Gasteiger partial charge in [0.25, 0.3) is 5.69 Å². The van der Waals surface area contributed by atoms with Crippen LogP contribution >= 0.6 is 0 Å². The van der Waals surface area contributed by atoms with E-state index < -0.39 is 23.9 Å². The molecule has 0 radical (unpaired) electrons. The third-order valence-electron chi connectivity index (χ3n) is 8.27. The molecule has 0 saturated carbocycles. The molecule has 0 amide bonds. The molecule has 1 aliphatic rings. The van der Waals surface area contributed by atoms with Gasteiger partial charge in [0, 0.05) is 17.5 Å². The second kappa shape index (κ2) is 9.43. The normalized spacial score (nSPS) is 16.4. The molecular formula is C32H30BN3O4. The van der Waals surface area contributed by atoms with Crippen LogP contribution in [0.15, 0.2) is 109 Å². The Bertz CT molecular complexity index is 1570. The lowest BCUT2D eigenvalue weighted by Crippen LogP contribution is -2.41. The molecule has 1 fully saturated rings. The number of hydrogen-bond acceptors (Lipinski definition) is 5. The van der Waals surface area contributed by atoms with E-state index in [1.165, 1.54) is 6.07 Å². The molecule has 4 aromatic carbocycles. The molecule has 5 aromatic rings. The Morgan fingerprint density at radius 2 is 1.20 bits per heavy atom. The van der Waals surface area contributed by atoms with Gasteiger partial charge in [-0.25, -0.2) is 4.68 Å². The van der Waals surface area contributed by atoms with Crippen LogP contribution in [0.1, 0.15) is 44.4 Å². The molecule has 1 saturated heterocycles. The lowest BCUT2D eigenvalue weighted by Gasteiger charge is -2.37. The van der Waals surface area contributed by atoms with Crippen LogP contribution in [0.3, 0.4) is 0 Å². The Morgan fingerprint density at radius 3 is 1.62 bits per heavy atom. The SMILES string of the molecule is CC1(C)OB(c2nn(C(c3ccccc3)(c3ccccc3)c3ccccc3)c3ccc([N+](=O)[O-])cc23)OC1(C)C. The average Bonchev–Trinajstić information content (AvgIpc) is 3.44. The van der Waals surface area contributed by atoms with Gasteiger partial charge in [-0.05, 0) is 50.5 Å². The molecule has 8 heteroatoms. The number of fused-ring (bicyclic) bond motifs is 1. The van der Waals surface area contributed by atoms with Crippen molar-refractivity contribution in [2.75, 3.05) is 0 Å². The highest BCUT2D eigenvalue weighted by Gasteiger charge is 2.54. The fourth-order valence-electron chi connectivity index (χ4n) is 5.53. The summed E-state index contributed by atoms with van der Waals surface area (Å²) in [6.45, 7) is 7.93. The summed E-state index contributed by atoms with van der Waals surface area (Å²) in [7, 11) is -0.809. The molecule has 2 heterocycles. The molecule has 0 bridgehead atoms. The number of hydrogen-bond donors (Lipinski definition) is 0. The van der Waals surface area contributed by atoms with Gasteiger partial charge in [0.15, 0.2) is 0 Å². The lowest BCUT2D eigenvalue weighted by molar-refractivity contribution is -0.384. The van der Waals surface area contributed by atoms with Gasteiger partial charge >= 0.3 is 7.12 Å². The van der Waals surface area contributed by atoms with Gasteiger partial charge in [0.05, 0.1) is 21.6 Å². The van der Waals surface area contributed by atoms with Crippen molar-refractivity contribution in [3.05, 3.63) is 136 Å². The molecule has 0 spiro atoms. The first kappa shape index (κ1) is 26.0. The Hall–Kier alpha value is -4.27. The number of nitro groups is 1. The Labute approximate surface area is 233 Å². The van der Waals surface area contributed by atoms with Crippen molar-refractivity contribution in [3.63, 3.8) is 0 Å². The molecule has 1 aromatic heterocycles. The average molecular weight is 531 g/mol. The van der Waals surface area contributed by atoms with Crippen LogP contribution in [0.5, 0.6) is 0 Å². The minimum atomic E-state index is -0.903. The van der Waals surface area contributed by atoms with Crippen molar-refractivity contribution in [1.82, 2.24) is 9.78 Å². The van der Waals surface area contributed by atoms with Crippen LogP contribution in [-0.4, -0.2) is 33.0 Å². The quantitative estimate of drug-likeness (QED) is 0.115. The monoisotopic (exact) mass is 531 g/mol. The number of nitrogens with zero attached hydrogens (tertiary/aromatic N) is 3. The highest BCUT2D eigenvalue weighted by atomic mass is 16.7. The van der Waals surface area contributed by atoms with Crippen LogP contribution in [0.25, 0.3) is 10.9 Å². The van der Waals surface area contributed by atoms with E-state index in [4.69, 9.17) is 14.4 Å². The summed E-state index contributed by atoms with van der Waals surface area (Å²) in [5, 5.41) is 17.7. The molecule has 1 aliphatic heterocycles. The third kappa shape index (κ3) is 3.94. The maximum Gasteiger partial charge on any atom is 0.517 e. The van der Waals surface area contributed by atoms with E-state index >= 15 is 0 Å². The van der Waals surface area contributed by atoms with E-state index in [0.717, 1.165) is 22.2 Å². The fourth-order valence-corrected chi connectivity index (χ4v) is 5.53. The Balaban J connectivity index is 1.74. The van der Waals surface area contributed by atoms with E-state index in [0.29, 0.717) is 11.0 Å². The number of non-ortho nitro benzene ring substituents is 1. The summed E-state index contributed by atoms with van der Waals surface area (Å²) < 4.78 is 14.8. The smallest absolute Gasteiger partial charge is 0.398 e. The molecule has 0 N–H and O–H groups in total. The van der Waals surface area contributed by atoms with Gasteiger partial charge < -0.3 is 9.31 Å². The van der Waals surface area contributed by atoms with Gasteiger partial charge in [-0.3, -0.25) is 10.1 Å². The highest BCUT2D eigenvalue weighted by Crippen LogP contribution is 2.43. The summed E-state index contributed by atoms with van der Waals surface area (Å²) in [5.74, 6) is 0. The first-order valence-corrected chi connectivity index (χ1v) is 13.3. The molecule has 0 aliphatic carbocycles. The molecule has 0 unspecified atom stereocenters. The van der Waals surface area contributed by atoms with Gasteiger partial charge in [-0.2, -0.15) is 5.10 Å². The van der Waals surface area contributed by atoms with Crippen LogP contribution in [0.2, 0.25) is 0 Å². The van der Waals surface area contributed by atoms with Crippen molar-refractivity contribution in [2.24, 2.45) is 0 Å². The van der Waals surface area contributed by atoms with E-state index in [2.05, 4.69) is 36.4 Å². The Kier molecular flexibility index (Phi) is 6.13.